The van der Waals surface area contributed by atoms with E-state index in [1.165, 1.54) is 24.0 Å². The van der Waals surface area contributed by atoms with Gasteiger partial charge < -0.3 is 10.1 Å². The minimum Gasteiger partial charge on any atom is -0.467 e. The number of amides is 1. The third-order valence-electron chi connectivity index (χ3n) is 4.08. The fourth-order valence-corrected chi connectivity index (χ4v) is 4.07. The molecule has 116 valence electrons. The summed E-state index contributed by atoms with van der Waals surface area (Å²) in [5.41, 5.74) is 0.956. The third kappa shape index (κ3) is 3.28. The standard InChI is InChI=1S/C16H23NO3S/c1-4-9-16(2,15(19)20-3)17-14(18)12-10-21-13-8-6-5-7-11(12)13/h10H,4-9H2,1-3H3,(H,17,18). The number of carbonyl (C=O) groups excluding carboxylic acids is 2. The summed E-state index contributed by atoms with van der Waals surface area (Å²) in [7, 11) is 1.36. The van der Waals surface area contributed by atoms with Gasteiger partial charge in [0.05, 0.1) is 12.7 Å². The van der Waals surface area contributed by atoms with Crippen LogP contribution in [-0.2, 0) is 22.4 Å². The molecule has 5 heteroatoms. The molecule has 0 aliphatic heterocycles. The van der Waals surface area contributed by atoms with Gasteiger partial charge in [-0.15, -0.1) is 11.3 Å². The molecule has 1 aromatic heterocycles. The van der Waals surface area contributed by atoms with Crippen LogP contribution in [0.1, 0.15) is 60.3 Å². The van der Waals surface area contributed by atoms with Crippen molar-refractivity contribution in [3.05, 3.63) is 21.4 Å². The van der Waals surface area contributed by atoms with Crippen LogP contribution in [0, 0.1) is 0 Å². The van der Waals surface area contributed by atoms with Crippen molar-refractivity contribution in [1.29, 1.82) is 0 Å². The maximum atomic E-state index is 12.6. The smallest absolute Gasteiger partial charge is 0.331 e. The number of esters is 1. The van der Waals surface area contributed by atoms with Crippen LogP contribution < -0.4 is 5.32 Å². The van der Waals surface area contributed by atoms with Crippen molar-refractivity contribution in [1.82, 2.24) is 5.32 Å². The fraction of sp³-hybridized carbons (Fsp3) is 0.625. The SMILES string of the molecule is CCCC(C)(NC(=O)c1csc2c1CCCC2)C(=O)OC. The summed E-state index contributed by atoms with van der Waals surface area (Å²) in [6, 6.07) is 0. The van der Waals surface area contributed by atoms with Crippen LogP contribution in [0.15, 0.2) is 5.38 Å². The third-order valence-corrected chi connectivity index (χ3v) is 5.17. The first-order valence-corrected chi connectivity index (χ1v) is 8.40. The molecule has 1 unspecified atom stereocenters. The van der Waals surface area contributed by atoms with Crippen molar-refractivity contribution in [3.63, 3.8) is 0 Å². The average molecular weight is 309 g/mol. The van der Waals surface area contributed by atoms with Crippen LogP contribution in [0.2, 0.25) is 0 Å². The van der Waals surface area contributed by atoms with E-state index in [9.17, 15) is 9.59 Å². The van der Waals surface area contributed by atoms with Gasteiger partial charge in [0, 0.05) is 10.3 Å². The van der Waals surface area contributed by atoms with Gasteiger partial charge in [-0.1, -0.05) is 13.3 Å². The molecule has 1 N–H and O–H groups in total. The summed E-state index contributed by atoms with van der Waals surface area (Å²) >= 11 is 1.66. The van der Waals surface area contributed by atoms with Crippen molar-refractivity contribution in [2.75, 3.05) is 7.11 Å². The minimum absolute atomic E-state index is 0.157. The van der Waals surface area contributed by atoms with Gasteiger partial charge in [-0.3, -0.25) is 4.79 Å². The monoisotopic (exact) mass is 309 g/mol. The second-order valence-electron chi connectivity index (χ2n) is 5.79. The highest BCUT2D eigenvalue weighted by atomic mass is 32.1. The number of carbonyl (C=O) groups is 2. The molecule has 4 nitrogen and oxygen atoms in total. The fourth-order valence-electron chi connectivity index (χ4n) is 2.94. The Morgan fingerprint density at radius 2 is 2.10 bits per heavy atom. The topological polar surface area (TPSA) is 55.4 Å². The number of ether oxygens (including phenoxy) is 1. The van der Waals surface area contributed by atoms with Crippen molar-refractivity contribution >= 4 is 23.2 Å². The Labute approximate surface area is 129 Å². The van der Waals surface area contributed by atoms with Crippen LogP contribution in [0.3, 0.4) is 0 Å². The molecule has 2 rings (SSSR count). The molecule has 1 atom stereocenters. The Hall–Kier alpha value is -1.36. The number of aryl methyl sites for hydroxylation is 1. The van der Waals surface area contributed by atoms with E-state index in [2.05, 4.69) is 5.32 Å². The number of hydrogen-bond donors (Lipinski definition) is 1. The zero-order valence-corrected chi connectivity index (χ0v) is 13.8. The Bertz CT molecular complexity index is 538. The van der Waals surface area contributed by atoms with E-state index < -0.39 is 5.54 Å². The summed E-state index contributed by atoms with van der Waals surface area (Å²) in [6.07, 6.45) is 5.73. The van der Waals surface area contributed by atoms with Gasteiger partial charge in [0.25, 0.3) is 5.91 Å². The van der Waals surface area contributed by atoms with E-state index in [4.69, 9.17) is 4.74 Å². The van der Waals surface area contributed by atoms with Crippen molar-refractivity contribution in [2.24, 2.45) is 0 Å². The Balaban J connectivity index is 2.19. The number of methoxy groups -OCH3 is 1. The molecule has 1 heterocycles. The van der Waals surface area contributed by atoms with Crippen LogP contribution in [-0.4, -0.2) is 24.5 Å². The zero-order chi connectivity index (χ0) is 15.5. The van der Waals surface area contributed by atoms with E-state index in [0.717, 1.165) is 31.2 Å². The van der Waals surface area contributed by atoms with E-state index in [1.807, 2.05) is 12.3 Å². The Morgan fingerprint density at radius 3 is 2.76 bits per heavy atom. The molecule has 1 aromatic rings. The highest BCUT2D eigenvalue weighted by molar-refractivity contribution is 7.10. The van der Waals surface area contributed by atoms with Gasteiger partial charge in [-0.2, -0.15) is 0 Å². The summed E-state index contributed by atoms with van der Waals surface area (Å²) in [5.74, 6) is -0.544. The van der Waals surface area contributed by atoms with E-state index in [-0.39, 0.29) is 11.9 Å². The molecule has 0 saturated carbocycles. The van der Waals surface area contributed by atoms with Gasteiger partial charge in [0.15, 0.2) is 0 Å². The lowest BCUT2D eigenvalue weighted by Crippen LogP contribution is -2.52. The van der Waals surface area contributed by atoms with E-state index in [1.54, 1.807) is 18.3 Å². The van der Waals surface area contributed by atoms with Gasteiger partial charge in [0.2, 0.25) is 0 Å². The highest BCUT2D eigenvalue weighted by Crippen LogP contribution is 2.30. The molecule has 1 aliphatic carbocycles. The summed E-state index contributed by atoms with van der Waals surface area (Å²) < 4.78 is 4.85. The molecule has 0 bridgehead atoms. The second kappa shape index (κ2) is 6.60. The minimum atomic E-state index is -0.954. The lowest BCUT2D eigenvalue weighted by atomic mass is 9.93. The zero-order valence-electron chi connectivity index (χ0n) is 13.0. The molecule has 1 amide bonds. The number of hydrogen-bond acceptors (Lipinski definition) is 4. The Morgan fingerprint density at radius 1 is 1.38 bits per heavy atom. The first kappa shape index (κ1) is 16.0. The molecule has 0 radical (unpaired) electrons. The van der Waals surface area contributed by atoms with Crippen LogP contribution in [0.4, 0.5) is 0 Å². The van der Waals surface area contributed by atoms with Gasteiger partial charge in [-0.05, 0) is 44.6 Å². The molecule has 0 aromatic carbocycles. The van der Waals surface area contributed by atoms with Gasteiger partial charge in [-0.25, -0.2) is 4.79 Å². The van der Waals surface area contributed by atoms with Gasteiger partial charge in [0.1, 0.15) is 5.54 Å². The van der Waals surface area contributed by atoms with Crippen LogP contribution >= 0.6 is 11.3 Å². The number of nitrogens with one attached hydrogen (secondary N) is 1. The van der Waals surface area contributed by atoms with Crippen molar-refractivity contribution in [2.45, 2.75) is 57.9 Å². The molecular weight excluding hydrogens is 286 g/mol. The lowest BCUT2D eigenvalue weighted by Gasteiger charge is -2.27. The molecule has 1 aliphatic rings. The summed E-state index contributed by atoms with van der Waals surface area (Å²) in [5, 5.41) is 4.82. The predicted octanol–water partition coefficient (Wildman–Crippen LogP) is 3.09. The lowest BCUT2D eigenvalue weighted by molar-refractivity contribution is -0.147. The van der Waals surface area contributed by atoms with Crippen molar-refractivity contribution < 1.29 is 14.3 Å². The Kier molecular flexibility index (Phi) is 5.04. The first-order chi connectivity index (χ1) is 10.0. The largest absolute Gasteiger partial charge is 0.467 e. The summed E-state index contributed by atoms with van der Waals surface area (Å²) in [4.78, 5) is 25.9. The quantitative estimate of drug-likeness (QED) is 0.850. The molecule has 0 saturated heterocycles. The maximum Gasteiger partial charge on any atom is 0.331 e. The van der Waals surface area contributed by atoms with E-state index in [0.29, 0.717) is 6.42 Å². The molecular formula is C16H23NO3S. The first-order valence-electron chi connectivity index (χ1n) is 7.52. The molecule has 0 fully saturated rings. The summed E-state index contributed by atoms with van der Waals surface area (Å²) in [6.45, 7) is 3.72. The molecule has 21 heavy (non-hydrogen) atoms. The second-order valence-corrected chi connectivity index (χ2v) is 6.75. The maximum absolute atomic E-state index is 12.6. The predicted molar refractivity (Wildman–Crippen MR) is 83.8 cm³/mol. The van der Waals surface area contributed by atoms with E-state index >= 15 is 0 Å². The molecule has 0 spiro atoms. The van der Waals surface area contributed by atoms with Crippen LogP contribution in [0.25, 0.3) is 0 Å². The number of thiophene rings is 1. The highest BCUT2D eigenvalue weighted by Gasteiger charge is 2.36. The average Bonchev–Trinajstić information content (AvgIpc) is 2.90. The van der Waals surface area contributed by atoms with Crippen LogP contribution in [0.5, 0.6) is 0 Å². The number of fused-ring (bicyclic) bond motifs is 1. The van der Waals surface area contributed by atoms with Gasteiger partial charge >= 0.3 is 5.97 Å². The number of rotatable bonds is 5. The normalized spacial score (nSPS) is 16.7. The van der Waals surface area contributed by atoms with Crippen molar-refractivity contribution in [3.8, 4) is 0 Å².